The quantitative estimate of drug-likeness (QED) is 0.634. The predicted molar refractivity (Wildman–Crippen MR) is 117 cm³/mol. The van der Waals surface area contributed by atoms with Crippen molar-refractivity contribution in [1.82, 2.24) is 20.3 Å². The molecule has 30 heavy (non-hydrogen) atoms. The Bertz CT molecular complexity index is 965. The molecular formula is C22H25N5O2S. The maximum atomic E-state index is 12.9. The maximum absolute atomic E-state index is 12.9. The monoisotopic (exact) mass is 423 g/mol. The summed E-state index contributed by atoms with van der Waals surface area (Å²) < 4.78 is 0. The molecule has 0 saturated carbocycles. The molecule has 2 N–H and O–H groups in total. The molecule has 1 fully saturated rings. The minimum absolute atomic E-state index is 0.228. The average molecular weight is 424 g/mol. The summed E-state index contributed by atoms with van der Waals surface area (Å²) in [5.74, 6) is 0.373. The van der Waals surface area contributed by atoms with Crippen LogP contribution in [0.2, 0.25) is 0 Å². The van der Waals surface area contributed by atoms with Crippen molar-refractivity contribution in [2.75, 3.05) is 18.0 Å². The highest BCUT2D eigenvalue weighted by molar-refractivity contribution is 7.11. The molecule has 4 rings (SSSR count). The summed E-state index contributed by atoms with van der Waals surface area (Å²) in [6.07, 6.45) is 6.94. The molecule has 2 aromatic heterocycles. The highest BCUT2D eigenvalue weighted by atomic mass is 32.1. The first kappa shape index (κ1) is 20.4. The molecule has 0 unspecified atom stereocenters. The van der Waals surface area contributed by atoms with Crippen molar-refractivity contribution in [1.29, 1.82) is 0 Å². The summed E-state index contributed by atoms with van der Waals surface area (Å²) in [5, 5.41) is 14.4. The van der Waals surface area contributed by atoms with E-state index in [9.17, 15) is 9.90 Å². The number of β-amino-alcohol motifs (C(OH)–C–C–N with tert-alkyl or cyclic N) is 1. The van der Waals surface area contributed by atoms with Crippen molar-refractivity contribution in [3.8, 4) is 0 Å². The first-order valence-corrected chi connectivity index (χ1v) is 11.0. The Balaban J connectivity index is 1.58. The number of nitrogens with one attached hydrogen (secondary N) is 1. The van der Waals surface area contributed by atoms with Gasteiger partial charge in [-0.3, -0.25) is 9.78 Å². The second-order valence-corrected chi connectivity index (χ2v) is 8.40. The van der Waals surface area contributed by atoms with Gasteiger partial charge in [0.05, 0.1) is 23.4 Å². The van der Waals surface area contributed by atoms with Crippen LogP contribution in [0.15, 0.2) is 54.4 Å². The van der Waals surface area contributed by atoms with Crippen LogP contribution < -0.4 is 10.2 Å². The van der Waals surface area contributed by atoms with Gasteiger partial charge in [-0.25, -0.2) is 9.97 Å². The number of piperidine rings is 1. The largest absolute Gasteiger partial charge is 0.388 e. The number of anilines is 1. The Morgan fingerprint density at radius 1 is 1.27 bits per heavy atom. The minimum Gasteiger partial charge on any atom is -0.388 e. The molecule has 1 saturated heterocycles. The van der Waals surface area contributed by atoms with Gasteiger partial charge in [0.1, 0.15) is 4.88 Å². The minimum atomic E-state index is -0.888. The predicted octanol–water partition coefficient (Wildman–Crippen LogP) is 2.78. The van der Waals surface area contributed by atoms with Gasteiger partial charge >= 0.3 is 0 Å². The fraction of sp³-hybridized carbons (Fsp3) is 0.364. The topological polar surface area (TPSA) is 91.2 Å². The van der Waals surface area contributed by atoms with Crippen LogP contribution in [-0.2, 0) is 12.0 Å². The Labute approximate surface area is 179 Å². The van der Waals surface area contributed by atoms with Crippen molar-refractivity contribution in [3.63, 3.8) is 0 Å². The lowest BCUT2D eigenvalue weighted by atomic mass is 9.78. The fourth-order valence-electron chi connectivity index (χ4n) is 3.93. The van der Waals surface area contributed by atoms with E-state index in [1.807, 2.05) is 47.6 Å². The van der Waals surface area contributed by atoms with Gasteiger partial charge in [-0.1, -0.05) is 43.7 Å². The van der Waals surface area contributed by atoms with Gasteiger partial charge < -0.3 is 15.3 Å². The second kappa shape index (κ2) is 8.89. The molecule has 1 aromatic carbocycles. The van der Waals surface area contributed by atoms with Gasteiger partial charge in [0.2, 0.25) is 5.95 Å². The fourth-order valence-corrected chi connectivity index (χ4v) is 4.44. The van der Waals surface area contributed by atoms with Crippen molar-refractivity contribution in [2.24, 2.45) is 0 Å². The zero-order chi connectivity index (χ0) is 21.0. The molecule has 7 nitrogen and oxygen atoms in total. The van der Waals surface area contributed by atoms with E-state index in [-0.39, 0.29) is 5.91 Å². The third-order valence-electron chi connectivity index (χ3n) is 5.53. The van der Waals surface area contributed by atoms with Gasteiger partial charge in [0.15, 0.2) is 0 Å². The molecule has 1 aliphatic heterocycles. The summed E-state index contributed by atoms with van der Waals surface area (Å²) in [5.41, 5.74) is 2.73. The standard InChI is InChI=1S/C22H25N5O2S/c1-2-6-16-11-24-21(25-12-16)27-10-9-22(19(28)14-27,17-7-4-3-5-8-17)26-20(29)18-13-23-15-30-18/h3-5,7-8,11-13,15,19,28H,2,6,9-10,14H2,1H3,(H,26,29)/t19-,22+/m1/s1. The summed E-state index contributed by atoms with van der Waals surface area (Å²) in [4.78, 5) is 28.3. The van der Waals surface area contributed by atoms with Crippen LogP contribution in [0.5, 0.6) is 0 Å². The zero-order valence-corrected chi connectivity index (χ0v) is 17.7. The molecular weight excluding hydrogens is 398 g/mol. The molecule has 0 aliphatic carbocycles. The number of carbonyl (C=O) groups excluding carboxylic acids is 1. The van der Waals surface area contributed by atoms with Crippen LogP contribution in [0.4, 0.5) is 5.95 Å². The highest BCUT2D eigenvalue weighted by Gasteiger charge is 2.45. The van der Waals surface area contributed by atoms with E-state index < -0.39 is 11.6 Å². The lowest BCUT2D eigenvalue weighted by Crippen LogP contribution is -2.62. The number of aryl methyl sites for hydroxylation is 1. The highest BCUT2D eigenvalue weighted by Crippen LogP contribution is 2.35. The van der Waals surface area contributed by atoms with Crippen LogP contribution in [-0.4, -0.2) is 45.2 Å². The normalized spacial score (nSPS) is 21.4. The molecule has 1 aliphatic rings. The van der Waals surface area contributed by atoms with E-state index in [0.29, 0.717) is 30.3 Å². The van der Waals surface area contributed by atoms with E-state index in [0.717, 1.165) is 24.0 Å². The Morgan fingerprint density at radius 2 is 2.03 bits per heavy atom. The Kier molecular flexibility index (Phi) is 6.06. The number of rotatable bonds is 6. The van der Waals surface area contributed by atoms with Gasteiger partial charge in [-0.2, -0.15) is 0 Å². The molecule has 1 amide bonds. The average Bonchev–Trinajstić information content (AvgIpc) is 3.32. The van der Waals surface area contributed by atoms with Gasteiger partial charge in [-0.05, 0) is 24.0 Å². The van der Waals surface area contributed by atoms with Crippen molar-refractivity contribution >= 4 is 23.2 Å². The van der Waals surface area contributed by atoms with Crippen molar-refractivity contribution < 1.29 is 9.90 Å². The van der Waals surface area contributed by atoms with Crippen LogP contribution in [0.25, 0.3) is 0 Å². The van der Waals surface area contributed by atoms with Crippen LogP contribution in [0, 0.1) is 0 Å². The van der Waals surface area contributed by atoms with E-state index in [4.69, 9.17) is 0 Å². The smallest absolute Gasteiger partial charge is 0.263 e. The van der Waals surface area contributed by atoms with Crippen LogP contribution >= 0.6 is 11.3 Å². The lowest BCUT2D eigenvalue weighted by molar-refractivity contribution is 0.0364. The van der Waals surface area contributed by atoms with Crippen molar-refractivity contribution in [3.05, 3.63) is 70.4 Å². The lowest BCUT2D eigenvalue weighted by Gasteiger charge is -2.46. The first-order valence-electron chi connectivity index (χ1n) is 10.1. The Hall–Kier alpha value is -2.84. The van der Waals surface area contributed by atoms with E-state index >= 15 is 0 Å². The first-order chi connectivity index (χ1) is 14.6. The number of carbonyl (C=O) groups is 1. The molecule has 2 atom stereocenters. The molecule has 0 radical (unpaired) electrons. The number of aromatic nitrogens is 3. The summed E-state index contributed by atoms with van der Waals surface area (Å²) in [6.45, 7) is 3.06. The van der Waals surface area contributed by atoms with Crippen molar-refractivity contribution in [2.45, 2.75) is 37.8 Å². The van der Waals surface area contributed by atoms with E-state index in [1.54, 1.807) is 11.7 Å². The number of amides is 1. The molecule has 0 spiro atoms. The molecule has 0 bridgehead atoms. The number of hydrogen-bond donors (Lipinski definition) is 2. The van der Waals surface area contributed by atoms with Gasteiger partial charge in [-0.15, -0.1) is 11.3 Å². The summed E-state index contributed by atoms with van der Waals surface area (Å²) >= 11 is 1.28. The van der Waals surface area contributed by atoms with Gasteiger partial charge in [0, 0.05) is 25.5 Å². The number of benzene rings is 1. The number of aliphatic hydroxyl groups excluding tert-OH is 1. The zero-order valence-electron chi connectivity index (χ0n) is 16.9. The number of nitrogens with zero attached hydrogens (tertiary/aromatic N) is 4. The molecule has 8 heteroatoms. The van der Waals surface area contributed by atoms with Crippen LogP contribution in [0.1, 0.15) is 40.6 Å². The maximum Gasteiger partial charge on any atom is 0.263 e. The third kappa shape index (κ3) is 4.06. The Morgan fingerprint density at radius 3 is 2.67 bits per heavy atom. The van der Waals surface area contributed by atoms with Gasteiger partial charge in [0.25, 0.3) is 5.91 Å². The second-order valence-electron chi connectivity index (χ2n) is 7.51. The third-order valence-corrected chi connectivity index (χ3v) is 6.30. The molecule has 156 valence electrons. The number of thiazole rings is 1. The van der Waals surface area contributed by atoms with E-state index in [2.05, 4.69) is 27.2 Å². The van der Waals surface area contributed by atoms with Crippen LogP contribution in [0.3, 0.4) is 0 Å². The summed E-state index contributed by atoms with van der Waals surface area (Å²) in [6, 6.07) is 9.66. The molecule has 3 aromatic rings. The number of aliphatic hydroxyl groups is 1. The SMILES string of the molecule is CCCc1cnc(N2CC[C@](NC(=O)c3cncs3)(c3ccccc3)[C@H](O)C2)nc1. The molecule has 3 heterocycles. The summed E-state index contributed by atoms with van der Waals surface area (Å²) in [7, 11) is 0. The number of hydrogen-bond acceptors (Lipinski definition) is 7. The van der Waals surface area contributed by atoms with E-state index in [1.165, 1.54) is 11.3 Å².